The van der Waals surface area contributed by atoms with E-state index < -0.39 is 0 Å². The number of benzene rings is 1. The van der Waals surface area contributed by atoms with E-state index in [4.69, 9.17) is 11.6 Å². The molecule has 19 heavy (non-hydrogen) atoms. The van der Waals surface area contributed by atoms with Crippen LogP contribution in [0.5, 0.6) is 5.75 Å². The van der Waals surface area contributed by atoms with Crippen LogP contribution in [-0.4, -0.2) is 29.0 Å². The fourth-order valence-corrected chi connectivity index (χ4v) is 2.61. The number of phenols is 1. The Morgan fingerprint density at radius 2 is 2.05 bits per heavy atom. The molecule has 0 aromatic heterocycles. The van der Waals surface area contributed by atoms with Gasteiger partial charge in [0, 0.05) is 18.7 Å². The highest BCUT2D eigenvalue weighted by molar-refractivity contribution is 6.32. The first kappa shape index (κ1) is 14.2. The Balaban J connectivity index is 2.07. The van der Waals surface area contributed by atoms with Gasteiger partial charge in [0.1, 0.15) is 5.75 Å². The number of nitrogens with zero attached hydrogens (tertiary/aromatic N) is 1. The molecule has 4 heteroatoms. The zero-order valence-electron chi connectivity index (χ0n) is 11.4. The Hall–Kier alpha value is -1.22. The number of phenolic OH excluding ortho intramolecular Hbond substituents is 1. The molecular weight excluding hydrogens is 262 g/mol. The van der Waals surface area contributed by atoms with Gasteiger partial charge in [-0.2, -0.15) is 0 Å². The van der Waals surface area contributed by atoms with Crippen molar-refractivity contribution in [1.29, 1.82) is 0 Å². The van der Waals surface area contributed by atoms with Gasteiger partial charge in [0.25, 0.3) is 5.91 Å². The standard InChI is InChI=1S/C15H20ClNO2/c1-3-15(2)6-8-17(9-7-15)14(19)11-4-5-13(18)12(16)10-11/h4-5,10,18H,3,6-9H2,1-2H3. The third-order valence-electron chi connectivity index (χ3n) is 4.31. The molecule has 0 atom stereocenters. The molecule has 0 bridgehead atoms. The Bertz CT molecular complexity index is 479. The molecule has 2 rings (SSSR count). The van der Waals surface area contributed by atoms with Crippen LogP contribution in [0.25, 0.3) is 0 Å². The fraction of sp³-hybridized carbons (Fsp3) is 0.533. The number of piperidine rings is 1. The first-order valence-corrected chi connectivity index (χ1v) is 7.11. The van der Waals surface area contributed by atoms with E-state index >= 15 is 0 Å². The summed E-state index contributed by atoms with van der Waals surface area (Å²) in [7, 11) is 0. The number of aromatic hydroxyl groups is 1. The molecule has 0 unspecified atom stereocenters. The molecule has 1 aromatic rings. The molecule has 1 amide bonds. The monoisotopic (exact) mass is 281 g/mol. The van der Waals surface area contributed by atoms with Crippen molar-refractivity contribution < 1.29 is 9.90 Å². The van der Waals surface area contributed by atoms with E-state index in [-0.39, 0.29) is 16.7 Å². The molecule has 1 aliphatic heterocycles. The first-order valence-electron chi connectivity index (χ1n) is 6.73. The largest absolute Gasteiger partial charge is 0.506 e. The van der Waals surface area contributed by atoms with Crippen molar-refractivity contribution >= 4 is 17.5 Å². The number of amides is 1. The van der Waals surface area contributed by atoms with Crippen LogP contribution in [0.15, 0.2) is 18.2 Å². The third-order valence-corrected chi connectivity index (χ3v) is 4.61. The van der Waals surface area contributed by atoms with Crippen molar-refractivity contribution in [3.63, 3.8) is 0 Å². The van der Waals surface area contributed by atoms with Crippen molar-refractivity contribution in [2.24, 2.45) is 5.41 Å². The molecule has 0 aliphatic carbocycles. The second-order valence-corrected chi connectivity index (χ2v) is 6.03. The van der Waals surface area contributed by atoms with Gasteiger partial charge >= 0.3 is 0 Å². The van der Waals surface area contributed by atoms with Gasteiger partial charge in [0.15, 0.2) is 0 Å². The molecule has 1 N–H and O–H groups in total. The van der Waals surface area contributed by atoms with Gasteiger partial charge in [0.2, 0.25) is 0 Å². The third kappa shape index (κ3) is 3.03. The lowest BCUT2D eigenvalue weighted by molar-refractivity contribution is 0.0600. The summed E-state index contributed by atoms with van der Waals surface area (Å²) in [6.45, 7) is 6.08. The second kappa shape index (κ2) is 5.41. The van der Waals surface area contributed by atoms with E-state index in [1.165, 1.54) is 12.1 Å². The van der Waals surface area contributed by atoms with E-state index in [0.717, 1.165) is 32.4 Å². The summed E-state index contributed by atoms with van der Waals surface area (Å²) in [5.74, 6) is 0.00970. The zero-order chi connectivity index (χ0) is 14.0. The highest BCUT2D eigenvalue weighted by atomic mass is 35.5. The van der Waals surface area contributed by atoms with Crippen LogP contribution >= 0.6 is 11.6 Å². The molecule has 1 aliphatic rings. The van der Waals surface area contributed by atoms with Gasteiger partial charge in [-0.05, 0) is 36.5 Å². The molecule has 3 nitrogen and oxygen atoms in total. The van der Waals surface area contributed by atoms with Gasteiger partial charge in [0.05, 0.1) is 5.02 Å². The molecule has 0 saturated carbocycles. The Labute approximate surface area is 119 Å². The zero-order valence-corrected chi connectivity index (χ0v) is 12.2. The Morgan fingerprint density at radius 1 is 1.42 bits per heavy atom. The minimum absolute atomic E-state index is 0.0000491. The predicted molar refractivity (Wildman–Crippen MR) is 76.7 cm³/mol. The molecule has 1 heterocycles. The number of carbonyl (C=O) groups is 1. The maximum atomic E-state index is 12.3. The van der Waals surface area contributed by atoms with Crippen molar-refractivity contribution in [3.05, 3.63) is 28.8 Å². The maximum absolute atomic E-state index is 12.3. The topological polar surface area (TPSA) is 40.5 Å². The van der Waals surface area contributed by atoms with E-state index in [1.807, 2.05) is 4.90 Å². The number of hydrogen-bond acceptors (Lipinski definition) is 2. The minimum Gasteiger partial charge on any atom is -0.506 e. The lowest BCUT2D eigenvalue weighted by Crippen LogP contribution is -2.41. The fourth-order valence-electron chi connectivity index (χ4n) is 2.43. The van der Waals surface area contributed by atoms with Crippen molar-refractivity contribution in [2.75, 3.05) is 13.1 Å². The normalized spacial score (nSPS) is 18.4. The molecule has 1 aromatic carbocycles. The lowest BCUT2D eigenvalue weighted by Gasteiger charge is -2.39. The molecule has 104 valence electrons. The number of rotatable bonds is 2. The van der Waals surface area contributed by atoms with E-state index in [2.05, 4.69) is 13.8 Å². The SMILES string of the molecule is CCC1(C)CCN(C(=O)c2ccc(O)c(Cl)c2)CC1. The van der Waals surface area contributed by atoms with E-state index in [1.54, 1.807) is 6.07 Å². The summed E-state index contributed by atoms with van der Waals surface area (Å²) < 4.78 is 0. The summed E-state index contributed by atoms with van der Waals surface area (Å²) in [5, 5.41) is 9.60. The maximum Gasteiger partial charge on any atom is 0.253 e. The lowest BCUT2D eigenvalue weighted by atomic mass is 9.78. The number of likely N-dealkylation sites (tertiary alicyclic amines) is 1. The quantitative estimate of drug-likeness (QED) is 0.898. The van der Waals surface area contributed by atoms with Crippen LogP contribution in [0.2, 0.25) is 5.02 Å². The van der Waals surface area contributed by atoms with Gasteiger partial charge in [-0.15, -0.1) is 0 Å². The number of carbonyl (C=O) groups excluding carboxylic acids is 1. The van der Waals surface area contributed by atoms with Gasteiger partial charge in [-0.25, -0.2) is 0 Å². The average molecular weight is 282 g/mol. The van der Waals surface area contributed by atoms with Crippen LogP contribution in [0, 0.1) is 5.41 Å². The average Bonchev–Trinajstić information content (AvgIpc) is 2.42. The molecule has 1 fully saturated rings. The van der Waals surface area contributed by atoms with Crippen LogP contribution < -0.4 is 0 Å². The minimum atomic E-state index is 0.0000491. The van der Waals surface area contributed by atoms with E-state index in [9.17, 15) is 9.90 Å². The van der Waals surface area contributed by atoms with Gasteiger partial charge in [-0.1, -0.05) is 31.9 Å². The summed E-state index contributed by atoms with van der Waals surface area (Å²) in [6, 6.07) is 4.62. The molecule has 0 spiro atoms. The number of hydrogen-bond donors (Lipinski definition) is 1. The Kier molecular flexibility index (Phi) is 4.04. The molecular formula is C15H20ClNO2. The second-order valence-electron chi connectivity index (χ2n) is 5.62. The van der Waals surface area contributed by atoms with Crippen LogP contribution in [0.1, 0.15) is 43.5 Å². The summed E-state index contributed by atoms with van der Waals surface area (Å²) in [4.78, 5) is 14.2. The highest BCUT2D eigenvalue weighted by Gasteiger charge is 2.30. The van der Waals surface area contributed by atoms with Gasteiger partial charge < -0.3 is 10.0 Å². The molecule has 1 saturated heterocycles. The van der Waals surface area contributed by atoms with Crippen molar-refractivity contribution in [2.45, 2.75) is 33.1 Å². The van der Waals surface area contributed by atoms with E-state index in [0.29, 0.717) is 11.0 Å². The smallest absolute Gasteiger partial charge is 0.253 e. The molecule has 0 radical (unpaired) electrons. The number of halogens is 1. The predicted octanol–water partition coefficient (Wildman–Crippen LogP) is 3.70. The Morgan fingerprint density at radius 3 is 2.58 bits per heavy atom. The first-order chi connectivity index (χ1) is 8.95. The van der Waals surface area contributed by atoms with Crippen LogP contribution in [-0.2, 0) is 0 Å². The summed E-state index contributed by atoms with van der Waals surface area (Å²) >= 11 is 5.84. The highest BCUT2D eigenvalue weighted by Crippen LogP contribution is 2.34. The van der Waals surface area contributed by atoms with Crippen LogP contribution in [0.3, 0.4) is 0 Å². The van der Waals surface area contributed by atoms with Gasteiger partial charge in [-0.3, -0.25) is 4.79 Å². The van der Waals surface area contributed by atoms with Crippen molar-refractivity contribution in [3.8, 4) is 5.75 Å². The summed E-state index contributed by atoms with van der Waals surface area (Å²) in [5.41, 5.74) is 0.909. The summed E-state index contributed by atoms with van der Waals surface area (Å²) in [6.07, 6.45) is 3.24. The van der Waals surface area contributed by atoms with Crippen LogP contribution in [0.4, 0.5) is 0 Å². The van der Waals surface area contributed by atoms with Crippen molar-refractivity contribution in [1.82, 2.24) is 4.90 Å².